The standard InChI is InChI=1S/C47H88O15P2/c1-3-5-7-9-11-13-15-17-19-20-22-24-26-28-30-32-34-36-47(52)58-38-44(49)40-60-64(55,56)62-42-45(50)41-61-63(53,54)59-39-43(48)37-57-46(51)35-33-31-29-27-25-23-21-18-16-14-12-10-8-6-4-2/h12,14,16-19,43-45,48-50H,3-11,13,15,20-42H2,1-2H3,(H,53,54)(H,55,56)/b14-12+,18-16+,19-17+. The average Bonchev–Trinajstić information content (AvgIpc) is 3.27. The maximum atomic E-state index is 12.2. The molecule has 17 heteroatoms. The van der Waals surface area contributed by atoms with Gasteiger partial charge >= 0.3 is 27.6 Å². The Morgan fingerprint density at radius 3 is 1.03 bits per heavy atom. The molecule has 5 N–H and O–H groups in total. The SMILES string of the molecule is CCCCC/C=C/C=C/CCCCCCCCC(=O)OCC(O)COP(=O)(O)OCC(O)COP(=O)(O)OCC(O)COC(=O)CCCCCCCCC/C=C/CCCCCCCC. The third-order valence-electron chi connectivity index (χ3n) is 10.1. The van der Waals surface area contributed by atoms with Crippen molar-refractivity contribution < 1.29 is 71.4 Å². The van der Waals surface area contributed by atoms with Crippen LogP contribution in [0.5, 0.6) is 0 Å². The van der Waals surface area contributed by atoms with Crippen LogP contribution in [0.1, 0.15) is 194 Å². The molecule has 0 saturated carbocycles. The minimum Gasteiger partial charge on any atom is -0.463 e. The van der Waals surface area contributed by atoms with E-state index in [9.17, 15) is 43.8 Å². The first-order valence-corrected chi connectivity index (χ1v) is 27.3. The monoisotopic (exact) mass is 955 g/mol. The molecule has 0 saturated heterocycles. The summed E-state index contributed by atoms with van der Waals surface area (Å²) >= 11 is 0. The molecule has 0 aromatic carbocycles. The summed E-state index contributed by atoms with van der Waals surface area (Å²) in [5, 5.41) is 30.0. The predicted octanol–water partition coefficient (Wildman–Crippen LogP) is 11.1. The zero-order chi connectivity index (χ0) is 47.4. The topological polar surface area (TPSA) is 225 Å². The highest BCUT2D eigenvalue weighted by atomic mass is 31.2. The molecule has 0 spiro atoms. The molecule has 15 nitrogen and oxygen atoms in total. The second-order valence-corrected chi connectivity index (χ2v) is 19.4. The fourth-order valence-electron chi connectivity index (χ4n) is 6.26. The number of ether oxygens (including phenoxy) is 2. The lowest BCUT2D eigenvalue weighted by atomic mass is 10.1. The first-order chi connectivity index (χ1) is 30.8. The van der Waals surface area contributed by atoms with Gasteiger partial charge in [0.25, 0.3) is 0 Å². The van der Waals surface area contributed by atoms with Crippen molar-refractivity contribution in [2.75, 3.05) is 39.6 Å². The van der Waals surface area contributed by atoms with Crippen molar-refractivity contribution in [1.29, 1.82) is 0 Å². The van der Waals surface area contributed by atoms with Gasteiger partial charge in [-0.3, -0.25) is 27.7 Å². The number of unbranched alkanes of at least 4 members (excludes halogenated alkanes) is 22. The van der Waals surface area contributed by atoms with Crippen LogP contribution in [-0.4, -0.2) is 95.0 Å². The Hall–Kier alpha value is -1.74. The highest BCUT2D eigenvalue weighted by Crippen LogP contribution is 2.45. The number of phosphoric acid groups is 2. The van der Waals surface area contributed by atoms with Gasteiger partial charge in [0, 0.05) is 12.8 Å². The van der Waals surface area contributed by atoms with Crippen molar-refractivity contribution >= 4 is 27.6 Å². The summed E-state index contributed by atoms with van der Waals surface area (Å²) in [6, 6.07) is 0. The molecule has 64 heavy (non-hydrogen) atoms. The Balaban J connectivity index is 3.89. The molecule has 0 aromatic rings. The summed E-state index contributed by atoms with van der Waals surface area (Å²) in [5.41, 5.74) is 0. The van der Waals surface area contributed by atoms with Gasteiger partial charge < -0.3 is 34.6 Å². The predicted molar refractivity (Wildman–Crippen MR) is 251 cm³/mol. The van der Waals surface area contributed by atoms with Crippen molar-refractivity contribution in [3.05, 3.63) is 36.5 Å². The van der Waals surface area contributed by atoms with Gasteiger partial charge in [-0.25, -0.2) is 9.13 Å². The summed E-state index contributed by atoms with van der Waals surface area (Å²) in [6.45, 7) is 0.378. The van der Waals surface area contributed by atoms with Crippen molar-refractivity contribution in [3.8, 4) is 0 Å². The van der Waals surface area contributed by atoms with Gasteiger partial charge in [-0.15, -0.1) is 0 Å². The van der Waals surface area contributed by atoms with E-state index in [2.05, 4.69) is 68.4 Å². The Morgan fingerprint density at radius 2 is 0.672 bits per heavy atom. The zero-order valence-electron chi connectivity index (χ0n) is 39.5. The molecular weight excluding hydrogens is 866 g/mol. The second-order valence-electron chi connectivity index (χ2n) is 16.5. The number of hydrogen-bond acceptors (Lipinski definition) is 13. The van der Waals surface area contributed by atoms with Crippen LogP contribution < -0.4 is 0 Å². The Bertz CT molecular complexity index is 1290. The van der Waals surface area contributed by atoms with E-state index in [0.29, 0.717) is 12.8 Å². The zero-order valence-corrected chi connectivity index (χ0v) is 41.2. The molecule has 0 amide bonds. The molecule has 376 valence electrons. The Labute approximate surface area is 386 Å². The maximum absolute atomic E-state index is 12.2. The molecule has 0 aliphatic rings. The van der Waals surface area contributed by atoms with Crippen molar-refractivity contribution in [2.24, 2.45) is 0 Å². The number of hydrogen-bond donors (Lipinski definition) is 5. The van der Waals surface area contributed by atoms with Crippen molar-refractivity contribution in [3.63, 3.8) is 0 Å². The van der Waals surface area contributed by atoms with E-state index in [1.165, 1.54) is 83.5 Å². The molecule has 0 fully saturated rings. The fraction of sp³-hybridized carbons (Fsp3) is 0.830. The maximum Gasteiger partial charge on any atom is 0.472 e. The lowest BCUT2D eigenvalue weighted by molar-refractivity contribution is -0.148. The van der Waals surface area contributed by atoms with E-state index >= 15 is 0 Å². The van der Waals surface area contributed by atoms with Gasteiger partial charge in [-0.05, 0) is 64.2 Å². The number of phosphoric ester groups is 2. The Kier molecular flexibility index (Phi) is 42.6. The molecule has 0 aliphatic heterocycles. The molecule has 0 aliphatic carbocycles. The van der Waals surface area contributed by atoms with Gasteiger partial charge in [0.05, 0.1) is 26.4 Å². The minimum absolute atomic E-state index is 0.183. The molecule has 5 unspecified atom stereocenters. The summed E-state index contributed by atoms with van der Waals surface area (Å²) in [4.78, 5) is 43.7. The van der Waals surface area contributed by atoms with E-state index < -0.39 is 85.5 Å². The van der Waals surface area contributed by atoms with Crippen LogP contribution in [0.3, 0.4) is 0 Å². The largest absolute Gasteiger partial charge is 0.472 e. The van der Waals surface area contributed by atoms with Crippen molar-refractivity contribution in [1.82, 2.24) is 0 Å². The van der Waals surface area contributed by atoms with Gasteiger partial charge in [0.2, 0.25) is 0 Å². The van der Waals surface area contributed by atoms with Crippen LogP contribution in [-0.2, 0) is 46.3 Å². The van der Waals surface area contributed by atoms with Gasteiger partial charge in [0.15, 0.2) is 0 Å². The van der Waals surface area contributed by atoms with Crippen LogP contribution >= 0.6 is 15.6 Å². The first kappa shape index (κ1) is 62.3. The van der Waals surface area contributed by atoms with Gasteiger partial charge in [-0.2, -0.15) is 0 Å². The fourth-order valence-corrected chi connectivity index (χ4v) is 7.85. The van der Waals surface area contributed by atoms with E-state index in [1.807, 2.05) is 0 Å². The van der Waals surface area contributed by atoms with E-state index in [1.54, 1.807) is 0 Å². The van der Waals surface area contributed by atoms with Gasteiger partial charge in [0.1, 0.15) is 31.5 Å². The van der Waals surface area contributed by atoms with Crippen LogP contribution in [0.25, 0.3) is 0 Å². The van der Waals surface area contributed by atoms with Gasteiger partial charge in [-0.1, -0.05) is 153 Å². The highest BCUT2D eigenvalue weighted by molar-refractivity contribution is 7.47. The number of aliphatic hydroxyl groups excluding tert-OH is 3. The van der Waals surface area contributed by atoms with Crippen LogP contribution in [0, 0.1) is 0 Å². The summed E-state index contributed by atoms with van der Waals surface area (Å²) in [7, 11) is -9.57. The lowest BCUT2D eigenvalue weighted by Gasteiger charge is -2.19. The van der Waals surface area contributed by atoms with E-state index in [-0.39, 0.29) is 12.8 Å². The quantitative estimate of drug-likeness (QED) is 0.0126. The number of allylic oxidation sites excluding steroid dienone is 6. The molecule has 0 rings (SSSR count). The Morgan fingerprint density at radius 1 is 0.406 bits per heavy atom. The van der Waals surface area contributed by atoms with E-state index in [0.717, 1.165) is 70.6 Å². The molecule has 0 bridgehead atoms. The summed E-state index contributed by atoms with van der Waals surface area (Å²) in [6.07, 6.45) is 38.4. The van der Waals surface area contributed by atoms with Crippen LogP contribution in [0.4, 0.5) is 0 Å². The number of aliphatic hydroxyl groups is 3. The smallest absolute Gasteiger partial charge is 0.463 e. The number of carbonyl (C=O) groups is 2. The molecule has 0 aromatic heterocycles. The number of carbonyl (C=O) groups excluding carboxylic acids is 2. The molecule has 0 heterocycles. The lowest BCUT2D eigenvalue weighted by Crippen LogP contribution is -2.25. The molecule has 5 atom stereocenters. The van der Waals surface area contributed by atoms with Crippen LogP contribution in [0.15, 0.2) is 36.5 Å². The second kappa shape index (κ2) is 43.8. The summed E-state index contributed by atoms with van der Waals surface area (Å²) < 4.78 is 53.0. The minimum atomic E-state index is -4.79. The highest BCUT2D eigenvalue weighted by Gasteiger charge is 2.28. The average molecular weight is 955 g/mol. The third-order valence-corrected chi connectivity index (χ3v) is 12.0. The first-order valence-electron chi connectivity index (χ1n) is 24.4. The van der Waals surface area contributed by atoms with Crippen molar-refractivity contribution in [2.45, 2.75) is 212 Å². The number of rotatable bonds is 47. The van der Waals surface area contributed by atoms with Crippen LogP contribution in [0.2, 0.25) is 0 Å². The normalized spacial score (nSPS) is 15.4. The molecule has 0 radical (unpaired) electrons. The summed E-state index contributed by atoms with van der Waals surface area (Å²) in [5.74, 6) is -1.01. The third kappa shape index (κ3) is 45.4. The van der Waals surface area contributed by atoms with E-state index in [4.69, 9.17) is 9.47 Å². The number of esters is 2. The molecular formula is C47H88O15P2.